The minimum atomic E-state index is -0.723. The molecule has 0 radical (unpaired) electrons. The molecular weight excluding hydrogens is 787 g/mol. The summed E-state index contributed by atoms with van der Waals surface area (Å²) in [7, 11) is 4.28. The first-order chi connectivity index (χ1) is 29.8. The molecule has 62 heavy (non-hydrogen) atoms. The minimum Gasteiger partial charge on any atom is -0.453 e. The molecule has 0 unspecified atom stereocenters. The number of carbonyl (C=O) groups excluding carboxylic acids is 4. The third kappa shape index (κ3) is 8.07. The largest absolute Gasteiger partial charge is 0.453 e. The summed E-state index contributed by atoms with van der Waals surface area (Å²) in [6.07, 6.45) is 0.869. The van der Waals surface area contributed by atoms with Crippen molar-refractivity contribution in [2.75, 3.05) is 41.0 Å². The fourth-order valence-corrected chi connectivity index (χ4v) is 9.72. The molecule has 4 heterocycles. The van der Waals surface area contributed by atoms with Crippen LogP contribution >= 0.6 is 0 Å². The molecule has 8 rings (SSSR count). The highest BCUT2D eigenvalue weighted by atomic mass is 16.5. The van der Waals surface area contributed by atoms with E-state index in [0.717, 1.165) is 79.3 Å². The van der Waals surface area contributed by atoms with E-state index in [1.54, 1.807) is 7.11 Å². The summed E-state index contributed by atoms with van der Waals surface area (Å²) >= 11 is 0. The molecule has 0 bridgehead atoms. The first-order valence-corrected chi connectivity index (χ1v) is 21.6. The summed E-state index contributed by atoms with van der Waals surface area (Å²) in [6.45, 7) is 11.4. The Morgan fingerprint density at radius 1 is 0.758 bits per heavy atom. The van der Waals surface area contributed by atoms with Crippen molar-refractivity contribution < 1.29 is 33.4 Å². The molecule has 0 saturated carbocycles. The zero-order valence-electron chi connectivity index (χ0n) is 36.8. The molecule has 4 amide bonds. The number of rotatable bonds is 11. The highest BCUT2D eigenvalue weighted by molar-refractivity contribution is 6.07. The number of ether oxygens (including phenoxy) is 3. The third-order valence-electron chi connectivity index (χ3n) is 12.9. The van der Waals surface area contributed by atoms with Crippen molar-refractivity contribution in [3.05, 3.63) is 72.1 Å². The van der Waals surface area contributed by atoms with Gasteiger partial charge >= 0.3 is 12.2 Å². The van der Waals surface area contributed by atoms with Crippen molar-refractivity contribution in [2.24, 2.45) is 28.7 Å². The Balaban J connectivity index is 1.03. The van der Waals surface area contributed by atoms with E-state index in [-0.39, 0.29) is 47.6 Å². The van der Waals surface area contributed by atoms with Crippen molar-refractivity contribution in [2.45, 2.75) is 78.0 Å². The number of fused-ring (bicyclic) bond motifs is 6. The topological polar surface area (TPSA) is 168 Å². The third-order valence-corrected chi connectivity index (χ3v) is 12.9. The number of aliphatic imine (C=N–C) groups is 1. The highest BCUT2D eigenvalue weighted by Gasteiger charge is 2.43. The number of alkyl carbamates (subject to hydrolysis) is 2. The fourth-order valence-electron chi connectivity index (χ4n) is 9.72. The summed E-state index contributed by atoms with van der Waals surface area (Å²) in [5.41, 5.74) is 6.93. The number of nitrogens with zero attached hydrogens (tertiary/aromatic N) is 4. The summed E-state index contributed by atoms with van der Waals surface area (Å²) < 4.78 is 15.2. The number of hydrogen-bond donors (Lipinski definition) is 3. The Bertz CT molecular complexity index is 2580. The molecule has 5 aromatic rings. The maximum atomic E-state index is 14.1. The smallest absolute Gasteiger partial charge is 0.407 e. The van der Waals surface area contributed by atoms with Crippen LogP contribution in [0.2, 0.25) is 0 Å². The first kappa shape index (κ1) is 42.7. The van der Waals surface area contributed by atoms with Crippen LogP contribution in [0.5, 0.6) is 0 Å². The van der Waals surface area contributed by atoms with Gasteiger partial charge < -0.3 is 39.6 Å². The van der Waals surface area contributed by atoms with E-state index in [4.69, 9.17) is 24.2 Å². The molecule has 1 aromatic heterocycles. The van der Waals surface area contributed by atoms with Crippen LogP contribution in [-0.4, -0.2) is 109 Å². The van der Waals surface area contributed by atoms with Crippen molar-refractivity contribution >= 4 is 68.0 Å². The second-order valence-corrected chi connectivity index (χ2v) is 17.9. The lowest BCUT2D eigenvalue weighted by atomic mass is 9.94. The molecule has 14 nitrogen and oxygen atoms in total. The van der Waals surface area contributed by atoms with Gasteiger partial charge in [-0.3, -0.25) is 14.6 Å². The van der Waals surface area contributed by atoms with Gasteiger partial charge in [-0.25, -0.2) is 14.6 Å². The molecule has 14 heteroatoms. The summed E-state index contributed by atoms with van der Waals surface area (Å²) in [5, 5.41) is 9.80. The maximum absolute atomic E-state index is 14.1. The number of likely N-dealkylation sites (tertiary alicyclic amines) is 2. The number of benzene rings is 4. The molecule has 3 aliphatic heterocycles. The van der Waals surface area contributed by atoms with Gasteiger partial charge in [-0.2, -0.15) is 0 Å². The van der Waals surface area contributed by atoms with Gasteiger partial charge in [-0.05, 0) is 87.7 Å². The monoisotopic (exact) mass is 843 g/mol. The van der Waals surface area contributed by atoms with Crippen LogP contribution in [0.3, 0.4) is 0 Å². The average molecular weight is 844 g/mol. The normalized spacial score (nSPS) is 20.8. The number of hydrogen-bond acceptors (Lipinski definition) is 9. The van der Waals surface area contributed by atoms with E-state index in [2.05, 4.69) is 83.2 Å². The predicted molar refractivity (Wildman–Crippen MR) is 239 cm³/mol. The molecule has 0 aliphatic carbocycles. The van der Waals surface area contributed by atoms with Gasteiger partial charge in [-0.1, -0.05) is 71.0 Å². The lowest BCUT2D eigenvalue weighted by Crippen LogP contribution is -2.53. The lowest BCUT2D eigenvalue weighted by molar-refractivity contribution is -0.136. The Morgan fingerprint density at radius 2 is 1.35 bits per heavy atom. The second-order valence-electron chi connectivity index (χ2n) is 17.9. The van der Waals surface area contributed by atoms with Crippen molar-refractivity contribution in [1.29, 1.82) is 0 Å². The SMILES string of the molecule is COC[C@H]1C[C@@H](C2=Nc3ccc4cc(-c5ccc6c(ccc7[nH]c([C@@H]8C[C@H](C)CN8C(=O)[C@@H](NC(=O)OC)C(C)C)nc76)c5)ccc4c3C2)N(C(=O)[C@@H](NC(=O)OC)C(C)C)C1. The number of aromatic nitrogens is 2. The molecule has 4 aromatic carbocycles. The number of methoxy groups -OCH3 is 3. The summed E-state index contributed by atoms with van der Waals surface area (Å²) in [5.74, 6) is 0.615. The van der Waals surface area contributed by atoms with Gasteiger partial charge in [0.15, 0.2) is 0 Å². The molecule has 0 spiro atoms. The second kappa shape index (κ2) is 17.4. The summed E-state index contributed by atoms with van der Waals surface area (Å²) in [6, 6.07) is 19.5. The predicted octanol–water partition coefficient (Wildman–Crippen LogP) is 7.70. The van der Waals surface area contributed by atoms with Gasteiger partial charge in [0.25, 0.3) is 0 Å². The Morgan fingerprint density at radius 3 is 1.97 bits per heavy atom. The van der Waals surface area contributed by atoms with Gasteiger partial charge in [-0.15, -0.1) is 0 Å². The first-order valence-electron chi connectivity index (χ1n) is 21.6. The van der Waals surface area contributed by atoms with Crippen LogP contribution in [0.25, 0.3) is 43.7 Å². The van der Waals surface area contributed by atoms with Gasteiger partial charge in [0.2, 0.25) is 11.8 Å². The number of aromatic amines is 1. The van der Waals surface area contributed by atoms with E-state index >= 15 is 0 Å². The van der Waals surface area contributed by atoms with Crippen molar-refractivity contribution in [3.8, 4) is 11.1 Å². The van der Waals surface area contributed by atoms with E-state index in [1.165, 1.54) is 14.2 Å². The maximum Gasteiger partial charge on any atom is 0.407 e. The fraction of sp³-hybridized carbons (Fsp3) is 0.458. The molecule has 2 saturated heterocycles. The standard InChI is InChI=1S/C48H57N7O7/c1-25(2)41(52-47(58)61-7)45(56)54-22-27(5)17-40(54)44-50-37-16-12-32-20-30(10-14-34(32)43(37)51-44)29-9-13-33-31(19-29)11-15-36-35(33)21-38(49-36)39-18-28(24-60-6)23-55(39)46(57)42(26(3)4)53-48(59)62-8/h9-16,19-20,25-28,39-42H,17-18,21-24H2,1-8H3,(H,50,51)(H,52,58)(H,53,59)/t27-,28-,39-,40-,41-,42-/m0/s1. The van der Waals surface area contributed by atoms with Crippen LogP contribution in [0.1, 0.15) is 64.9 Å². The molecule has 6 atom stereocenters. The molecule has 3 N–H and O–H groups in total. The Hall–Kier alpha value is -6.02. The van der Waals surface area contributed by atoms with Gasteiger partial charge in [0.05, 0.1) is 49.6 Å². The zero-order valence-corrected chi connectivity index (χ0v) is 36.8. The number of imidazole rings is 1. The van der Waals surface area contributed by atoms with E-state index in [0.29, 0.717) is 26.1 Å². The minimum absolute atomic E-state index is 0.124. The van der Waals surface area contributed by atoms with E-state index in [1.807, 2.05) is 37.5 Å². The highest BCUT2D eigenvalue weighted by Crippen LogP contribution is 2.40. The molecule has 326 valence electrons. The number of H-pyrrole nitrogens is 1. The van der Waals surface area contributed by atoms with Crippen LogP contribution < -0.4 is 10.6 Å². The van der Waals surface area contributed by atoms with Crippen molar-refractivity contribution in [1.82, 2.24) is 30.4 Å². The quantitative estimate of drug-likeness (QED) is 0.122. The summed E-state index contributed by atoms with van der Waals surface area (Å²) in [4.78, 5) is 69.8. The van der Waals surface area contributed by atoms with Gasteiger partial charge in [0.1, 0.15) is 17.9 Å². The Kier molecular flexibility index (Phi) is 12.0. The van der Waals surface area contributed by atoms with E-state index < -0.39 is 24.3 Å². The van der Waals surface area contributed by atoms with Crippen molar-refractivity contribution in [3.63, 3.8) is 0 Å². The number of nitrogens with one attached hydrogen (secondary N) is 3. The average Bonchev–Trinajstić information content (AvgIpc) is 4.08. The van der Waals surface area contributed by atoms with E-state index in [9.17, 15) is 19.2 Å². The number of carbonyl (C=O) groups is 4. The van der Waals surface area contributed by atoms with Crippen LogP contribution in [0, 0.1) is 23.7 Å². The number of amides is 4. The molecule has 3 aliphatic rings. The molecule has 2 fully saturated rings. The van der Waals surface area contributed by atoms with Crippen LogP contribution in [0.15, 0.2) is 65.7 Å². The zero-order chi connectivity index (χ0) is 44.0. The lowest BCUT2D eigenvalue weighted by Gasteiger charge is -2.31. The van der Waals surface area contributed by atoms with Crippen LogP contribution in [-0.2, 0) is 30.2 Å². The van der Waals surface area contributed by atoms with Gasteiger partial charge in [0, 0.05) is 43.6 Å². The Labute approximate surface area is 361 Å². The molecular formula is C48H57N7O7. The van der Waals surface area contributed by atoms with Crippen LogP contribution in [0.4, 0.5) is 15.3 Å².